The molecule has 4 rings (SSSR count). The molecule has 3 aromatic rings. The normalized spacial score (nSPS) is 12.7. The number of fused-ring (bicyclic) bond motifs is 1. The molecular formula is C26H26N2O6S. The average Bonchev–Trinajstić information content (AvgIpc) is 3.30. The van der Waals surface area contributed by atoms with Crippen molar-refractivity contribution in [2.24, 2.45) is 0 Å². The van der Waals surface area contributed by atoms with Gasteiger partial charge in [-0.3, -0.25) is 9.10 Å². The maximum atomic E-state index is 13.4. The molecule has 0 spiro atoms. The van der Waals surface area contributed by atoms with E-state index in [1.807, 2.05) is 38.1 Å². The van der Waals surface area contributed by atoms with Gasteiger partial charge in [0.05, 0.1) is 17.7 Å². The number of nitrogens with one attached hydrogen (secondary N) is 1. The van der Waals surface area contributed by atoms with Crippen LogP contribution in [0.3, 0.4) is 0 Å². The highest BCUT2D eigenvalue weighted by Crippen LogP contribution is 2.34. The SMILES string of the molecule is COc1ccc(S(=O)(=O)N2CCc3ccccc32)cc1C(=O)OCC(=O)Nc1cccc(C)c1C. The molecule has 1 heterocycles. The summed E-state index contributed by atoms with van der Waals surface area (Å²) >= 11 is 0. The number of carbonyl (C=O) groups excluding carboxylic acids is 2. The summed E-state index contributed by atoms with van der Waals surface area (Å²) < 4.78 is 38.5. The van der Waals surface area contributed by atoms with Gasteiger partial charge in [0.25, 0.3) is 15.9 Å². The van der Waals surface area contributed by atoms with Crippen molar-refractivity contribution in [2.75, 3.05) is 29.9 Å². The molecule has 0 fully saturated rings. The van der Waals surface area contributed by atoms with Crippen LogP contribution in [0.1, 0.15) is 27.0 Å². The van der Waals surface area contributed by atoms with Crippen molar-refractivity contribution < 1.29 is 27.5 Å². The molecule has 182 valence electrons. The van der Waals surface area contributed by atoms with Crippen LogP contribution in [-0.4, -0.2) is 40.6 Å². The Bertz CT molecular complexity index is 1400. The van der Waals surface area contributed by atoms with Crippen LogP contribution in [0.25, 0.3) is 0 Å². The zero-order valence-corrected chi connectivity index (χ0v) is 20.5. The number of ether oxygens (including phenoxy) is 2. The van der Waals surface area contributed by atoms with Crippen molar-refractivity contribution in [3.05, 3.63) is 82.9 Å². The lowest BCUT2D eigenvalue weighted by Gasteiger charge is -2.20. The number of para-hydroxylation sites is 1. The van der Waals surface area contributed by atoms with Crippen LogP contribution in [0.2, 0.25) is 0 Å². The lowest BCUT2D eigenvalue weighted by Crippen LogP contribution is -2.29. The standard InChI is InChI=1S/C26H26N2O6S/c1-17-7-6-9-22(18(17)2)27-25(29)16-34-26(30)21-15-20(11-12-24(21)33-3)35(31,32)28-14-13-19-8-4-5-10-23(19)28/h4-12,15H,13-14,16H2,1-3H3,(H,27,29). The molecule has 0 bridgehead atoms. The number of rotatable bonds is 7. The van der Waals surface area contributed by atoms with Crippen LogP contribution < -0.4 is 14.4 Å². The van der Waals surface area contributed by atoms with Gasteiger partial charge < -0.3 is 14.8 Å². The fraction of sp³-hybridized carbons (Fsp3) is 0.231. The van der Waals surface area contributed by atoms with Gasteiger partial charge in [-0.2, -0.15) is 0 Å². The number of nitrogens with zero attached hydrogens (tertiary/aromatic N) is 1. The highest BCUT2D eigenvalue weighted by molar-refractivity contribution is 7.92. The Balaban J connectivity index is 1.52. The van der Waals surface area contributed by atoms with E-state index in [1.165, 1.54) is 29.6 Å². The Morgan fingerprint density at radius 3 is 2.57 bits per heavy atom. The minimum atomic E-state index is -3.92. The van der Waals surface area contributed by atoms with E-state index in [4.69, 9.17) is 9.47 Å². The van der Waals surface area contributed by atoms with E-state index in [9.17, 15) is 18.0 Å². The highest BCUT2D eigenvalue weighted by Gasteiger charge is 2.32. The van der Waals surface area contributed by atoms with Gasteiger partial charge in [0, 0.05) is 12.2 Å². The Labute approximate surface area is 204 Å². The Kier molecular flexibility index (Phi) is 6.79. The fourth-order valence-corrected chi connectivity index (χ4v) is 5.50. The van der Waals surface area contributed by atoms with Crippen LogP contribution in [0.5, 0.6) is 5.75 Å². The zero-order valence-electron chi connectivity index (χ0n) is 19.7. The molecule has 0 aliphatic carbocycles. The van der Waals surface area contributed by atoms with Gasteiger partial charge in [-0.25, -0.2) is 13.2 Å². The van der Waals surface area contributed by atoms with Crippen LogP contribution in [0.15, 0.2) is 65.6 Å². The molecule has 0 saturated carbocycles. The summed E-state index contributed by atoms with van der Waals surface area (Å²) in [6.45, 7) is 3.59. The van der Waals surface area contributed by atoms with Crippen molar-refractivity contribution in [1.82, 2.24) is 0 Å². The van der Waals surface area contributed by atoms with Crippen LogP contribution >= 0.6 is 0 Å². The third-order valence-electron chi connectivity index (χ3n) is 6.04. The number of hydrogen-bond acceptors (Lipinski definition) is 6. The molecule has 8 nitrogen and oxygen atoms in total. The van der Waals surface area contributed by atoms with E-state index in [1.54, 1.807) is 18.2 Å². The molecule has 0 radical (unpaired) electrons. The van der Waals surface area contributed by atoms with E-state index in [-0.39, 0.29) is 16.2 Å². The molecule has 0 unspecified atom stereocenters. The maximum absolute atomic E-state index is 13.4. The number of methoxy groups -OCH3 is 1. The largest absolute Gasteiger partial charge is 0.496 e. The van der Waals surface area contributed by atoms with Gasteiger partial charge in [0.15, 0.2) is 6.61 Å². The number of esters is 1. The summed E-state index contributed by atoms with van der Waals surface area (Å²) in [6.07, 6.45) is 0.607. The summed E-state index contributed by atoms with van der Waals surface area (Å²) in [7, 11) is -2.56. The first kappa shape index (κ1) is 24.3. The Morgan fingerprint density at radius 1 is 1.03 bits per heavy atom. The first-order chi connectivity index (χ1) is 16.7. The van der Waals surface area contributed by atoms with Crippen molar-refractivity contribution in [3.8, 4) is 5.75 Å². The van der Waals surface area contributed by atoms with E-state index < -0.39 is 28.5 Å². The number of amides is 1. The summed E-state index contributed by atoms with van der Waals surface area (Å²) in [5.41, 5.74) is 4.04. The number of aryl methyl sites for hydroxylation is 1. The Hall–Kier alpha value is -3.85. The molecule has 1 aliphatic heterocycles. The average molecular weight is 495 g/mol. The van der Waals surface area contributed by atoms with Gasteiger partial charge in [-0.15, -0.1) is 0 Å². The predicted octanol–water partition coefficient (Wildman–Crippen LogP) is 3.86. The third kappa shape index (κ3) is 4.85. The second-order valence-corrected chi connectivity index (χ2v) is 10.1. The summed E-state index contributed by atoms with van der Waals surface area (Å²) in [5, 5.41) is 2.72. The number of carbonyl (C=O) groups is 2. The molecule has 1 aliphatic rings. The highest BCUT2D eigenvalue weighted by atomic mass is 32.2. The second-order valence-electron chi connectivity index (χ2n) is 8.19. The topological polar surface area (TPSA) is 102 Å². The lowest BCUT2D eigenvalue weighted by atomic mass is 10.1. The minimum Gasteiger partial charge on any atom is -0.496 e. The molecule has 35 heavy (non-hydrogen) atoms. The molecule has 0 atom stereocenters. The van der Waals surface area contributed by atoms with Crippen molar-refractivity contribution in [2.45, 2.75) is 25.2 Å². The maximum Gasteiger partial charge on any atom is 0.342 e. The van der Waals surface area contributed by atoms with Gasteiger partial charge in [0.1, 0.15) is 11.3 Å². The fourth-order valence-electron chi connectivity index (χ4n) is 3.97. The Morgan fingerprint density at radius 2 is 1.80 bits per heavy atom. The van der Waals surface area contributed by atoms with Gasteiger partial charge >= 0.3 is 5.97 Å². The van der Waals surface area contributed by atoms with Crippen LogP contribution in [-0.2, 0) is 26.0 Å². The predicted molar refractivity (Wildman–Crippen MR) is 132 cm³/mol. The molecule has 3 aromatic carbocycles. The molecule has 0 saturated heterocycles. The molecule has 1 N–H and O–H groups in total. The molecular weight excluding hydrogens is 468 g/mol. The van der Waals surface area contributed by atoms with E-state index in [0.29, 0.717) is 24.3 Å². The summed E-state index contributed by atoms with van der Waals surface area (Å²) in [4.78, 5) is 25.1. The van der Waals surface area contributed by atoms with E-state index in [0.717, 1.165) is 16.7 Å². The monoisotopic (exact) mass is 494 g/mol. The second kappa shape index (κ2) is 9.79. The van der Waals surface area contributed by atoms with Crippen molar-refractivity contribution >= 4 is 33.3 Å². The van der Waals surface area contributed by atoms with Crippen LogP contribution in [0.4, 0.5) is 11.4 Å². The zero-order chi connectivity index (χ0) is 25.2. The first-order valence-corrected chi connectivity index (χ1v) is 12.5. The smallest absolute Gasteiger partial charge is 0.342 e. The third-order valence-corrected chi connectivity index (χ3v) is 7.85. The van der Waals surface area contributed by atoms with Gasteiger partial charge in [-0.1, -0.05) is 30.3 Å². The van der Waals surface area contributed by atoms with E-state index in [2.05, 4.69) is 5.32 Å². The number of anilines is 2. The summed E-state index contributed by atoms with van der Waals surface area (Å²) in [6, 6.07) is 16.8. The van der Waals surface area contributed by atoms with Crippen LogP contribution in [0, 0.1) is 13.8 Å². The quantitative estimate of drug-likeness (QED) is 0.501. The molecule has 9 heteroatoms. The van der Waals surface area contributed by atoms with Gasteiger partial charge in [-0.05, 0) is 67.3 Å². The number of sulfonamides is 1. The number of benzene rings is 3. The first-order valence-electron chi connectivity index (χ1n) is 11.0. The molecule has 0 aromatic heterocycles. The van der Waals surface area contributed by atoms with E-state index >= 15 is 0 Å². The summed E-state index contributed by atoms with van der Waals surface area (Å²) in [5.74, 6) is -1.23. The van der Waals surface area contributed by atoms with Crippen molar-refractivity contribution in [3.63, 3.8) is 0 Å². The number of hydrogen-bond donors (Lipinski definition) is 1. The van der Waals surface area contributed by atoms with Gasteiger partial charge in [0.2, 0.25) is 0 Å². The minimum absolute atomic E-state index is 0.0678. The van der Waals surface area contributed by atoms with Crippen molar-refractivity contribution in [1.29, 1.82) is 0 Å². The molecule has 1 amide bonds. The lowest BCUT2D eigenvalue weighted by molar-refractivity contribution is -0.119.